The molecule has 3 rings (SSSR count). The van der Waals surface area contributed by atoms with Crippen molar-refractivity contribution in [1.82, 2.24) is 4.90 Å². The first-order valence-corrected chi connectivity index (χ1v) is 8.92. The molecule has 1 N–H and O–H groups in total. The lowest BCUT2D eigenvalue weighted by Crippen LogP contribution is -2.50. The number of halogens is 1. The lowest BCUT2D eigenvalue weighted by molar-refractivity contribution is 0.391. The van der Waals surface area contributed by atoms with Crippen molar-refractivity contribution in [2.24, 2.45) is 0 Å². The minimum atomic E-state index is 0.686. The number of hydrogen-bond donors (Lipinski definition) is 1. The molecule has 1 heterocycles. The zero-order valence-electron chi connectivity index (χ0n) is 14.0. The highest BCUT2D eigenvalue weighted by Gasteiger charge is 2.19. The van der Waals surface area contributed by atoms with E-state index in [2.05, 4.69) is 21.2 Å². The quantitative estimate of drug-likeness (QED) is 0.808. The molecule has 0 amide bonds. The van der Waals surface area contributed by atoms with Crippen molar-refractivity contribution >= 4 is 40.3 Å². The number of piperazine rings is 1. The van der Waals surface area contributed by atoms with Crippen molar-refractivity contribution in [1.29, 1.82) is 5.26 Å². The van der Waals surface area contributed by atoms with Gasteiger partial charge in [0.25, 0.3) is 0 Å². The summed E-state index contributed by atoms with van der Waals surface area (Å²) in [4.78, 5) is 4.50. The summed E-state index contributed by atoms with van der Waals surface area (Å²) in [7, 11) is 0. The molecule has 2 aromatic carbocycles. The predicted octanol–water partition coefficient (Wildman–Crippen LogP) is 4.04. The van der Waals surface area contributed by atoms with E-state index in [-0.39, 0.29) is 0 Å². The lowest BCUT2D eigenvalue weighted by atomic mass is 10.2. The van der Waals surface area contributed by atoms with Crippen LogP contribution in [0.3, 0.4) is 0 Å². The van der Waals surface area contributed by atoms with Crippen LogP contribution >= 0.6 is 23.8 Å². The van der Waals surface area contributed by atoms with Crippen LogP contribution in [-0.4, -0.2) is 36.2 Å². The Kier molecular flexibility index (Phi) is 5.42. The van der Waals surface area contributed by atoms with Crippen LogP contribution in [0.4, 0.5) is 11.4 Å². The number of nitrogens with one attached hydrogen (secondary N) is 1. The molecule has 0 radical (unpaired) electrons. The maximum atomic E-state index is 8.89. The van der Waals surface area contributed by atoms with Crippen LogP contribution < -0.4 is 10.2 Å². The first-order chi connectivity index (χ1) is 12.1. The van der Waals surface area contributed by atoms with Crippen LogP contribution in [0, 0.1) is 18.3 Å². The standard InChI is InChI=1S/C19H19ClN4S/c1-14-12-16(20)4-7-18(14)22-19(25)24-10-8-23(9-11-24)17-5-2-15(13-21)3-6-17/h2-7,12H,8-11H2,1H3,(H,22,25). The third-order valence-corrected chi connectivity index (χ3v) is 4.95. The first kappa shape index (κ1) is 17.5. The summed E-state index contributed by atoms with van der Waals surface area (Å²) >= 11 is 11.6. The number of hydrogen-bond acceptors (Lipinski definition) is 3. The monoisotopic (exact) mass is 370 g/mol. The molecule has 25 heavy (non-hydrogen) atoms. The minimum absolute atomic E-state index is 0.686. The number of aryl methyl sites for hydroxylation is 1. The van der Waals surface area contributed by atoms with Gasteiger partial charge in [0.1, 0.15) is 0 Å². The molecule has 1 aliphatic rings. The van der Waals surface area contributed by atoms with Gasteiger partial charge < -0.3 is 15.1 Å². The first-order valence-electron chi connectivity index (χ1n) is 8.14. The predicted molar refractivity (Wildman–Crippen MR) is 107 cm³/mol. The summed E-state index contributed by atoms with van der Waals surface area (Å²) in [6, 6.07) is 15.6. The Labute approximate surface area is 158 Å². The highest BCUT2D eigenvalue weighted by atomic mass is 35.5. The number of rotatable bonds is 2. The van der Waals surface area contributed by atoms with E-state index in [1.54, 1.807) is 0 Å². The Morgan fingerprint density at radius 2 is 1.80 bits per heavy atom. The molecule has 1 aliphatic heterocycles. The molecule has 0 atom stereocenters. The van der Waals surface area contributed by atoms with Crippen LogP contribution in [0.5, 0.6) is 0 Å². The second-order valence-corrected chi connectivity index (χ2v) is 6.85. The molecule has 6 heteroatoms. The molecule has 0 bridgehead atoms. The fourth-order valence-corrected chi connectivity index (χ4v) is 3.40. The lowest BCUT2D eigenvalue weighted by Gasteiger charge is -2.37. The van der Waals surface area contributed by atoms with Gasteiger partial charge >= 0.3 is 0 Å². The zero-order chi connectivity index (χ0) is 17.8. The largest absolute Gasteiger partial charge is 0.368 e. The molecule has 0 unspecified atom stereocenters. The number of nitrogens with zero attached hydrogens (tertiary/aromatic N) is 3. The van der Waals surface area contributed by atoms with Gasteiger partial charge in [0.2, 0.25) is 0 Å². The average Bonchev–Trinajstić information content (AvgIpc) is 2.64. The Hall–Kier alpha value is -2.29. The molecule has 1 fully saturated rings. The number of thiocarbonyl (C=S) groups is 1. The molecular weight excluding hydrogens is 352 g/mol. The summed E-state index contributed by atoms with van der Waals surface area (Å²) in [5.74, 6) is 0. The second-order valence-electron chi connectivity index (χ2n) is 6.02. The fraction of sp³-hybridized carbons (Fsp3) is 0.263. The maximum absolute atomic E-state index is 8.89. The van der Waals surface area contributed by atoms with E-state index in [1.165, 1.54) is 0 Å². The zero-order valence-corrected chi connectivity index (χ0v) is 15.6. The van der Waals surface area contributed by atoms with Crippen LogP contribution in [-0.2, 0) is 0 Å². The SMILES string of the molecule is Cc1cc(Cl)ccc1NC(=S)N1CCN(c2ccc(C#N)cc2)CC1. The average molecular weight is 371 g/mol. The van der Waals surface area contributed by atoms with Gasteiger partial charge in [-0.3, -0.25) is 0 Å². The fourth-order valence-electron chi connectivity index (χ4n) is 2.88. The Morgan fingerprint density at radius 1 is 1.12 bits per heavy atom. The number of benzene rings is 2. The molecule has 0 spiro atoms. The summed E-state index contributed by atoms with van der Waals surface area (Å²) in [5, 5.41) is 13.7. The van der Waals surface area contributed by atoms with E-state index in [0.717, 1.165) is 53.3 Å². The number of nitriles is 1. The van der Waals surface area contributed by atoms with E-state index in [0.29, 0.717) is 5.56 Å². The molecule has 4 nitrogen and oxygen atoms in total. The summed E-state index contributed by atoms with van der Waals surface area (Å²) < 4.78 is 0. The topological polar surface area (TPSA) is 42.3 Å². The van der Waals surface area contributed by atoms with E-state index in [1.807, 2.05) is 49.4 Å². The van der Waals surface area contributed by atoms with E-state index >= 15 is 0 Å². The maximum Gasteiger partial charge on any atom is 0.173 e. The van der Waals surface area contributed by atoms with Gasteiger partial charge in [-0.1, -0.05) is 11.6 Å². The molecule has 128 valence electrons. The van der Waals surface area contributed by atoms with E-state index < -0.39 is 0 Å². The smallest absolute Gasteiger partial charge is 0.173 e. The van der Waals surface area contributed by atoms with Crippen molar-refractivity contribution in [2.75, 3.05) is 36.4 Å². The Bertz CT molecular complexity index is 805. The van der Waals surface area contributed by atoms with Crippen molar-refractivity contribution < 1.29 is 0 Å². The van der Waals surface area contributed by atoms with Gasteiger partial charge in [-0.25, -0.2) is 0 Å². The van der Waals surface area contributed by atoms with E-state index in [9.17, 15) is 0 Å². The second kappa shape index (κ2) is 7.73. The third-order valence-electron chi connectivity index (χ3n) is 4.36. The summed E-state index contributed by atoms with van der Waals surface area (Å²) in [6.07, 6.45) is 0. The van der Waals surface area contributed by atoms with Gasteiger partial charge in [0.05, 0.1) is 11.6 Å². The van der Waals surface area contributed by atoms with Crippen LogP contribution in [0.1, 0.15) is 11.1 Å². The molecular formula is C19H19ClN4S. The van der Waals surface area contributed by atoms with Crippen molar-refractivity contribution in [3.05, 3.63) is 58.6 Å². The normalized spacial score (nSPS) is 14.1. The highest BCUT2D eigenvalue weighted by molar-refractivity contribution is 7.80. The molecule has 1 saturated heterocycles. The Balaban J connectivity index is 1.57. The summed E-state index contributed by atoms with van der Waals surface area (Å²) in [5.41, 5.74) is 3.90. The summed E-state index contributed by atoms with van der Waals surface area (Å²) in [6.45, 7) is 5.53. The molecule has 0 aromatic heterocycles. The number of anilines is 2. The minimum Gasteiger partial charge on any atom is -0.368 e. The van der Waals surface area contributed by atoms with E-state index in [4.69, 9.17) is 29.1 Å². The van der Waals surface area contributed by atoms with Crippen LogP contribution in [0.25, 0.3) is 0 Å². The van der Waals surface area contributed by atoms with Gasteiger partial charge in [-0.2, -0.15) is 5.26 Å². The van der Waals surface area contributed by atoms with Crippen molar-refractivity contribution in [3.8, 4) is 6.07 Å². The highest BCUT2D eigenvalue weighted by Crippen LogP contribution is 2.21. The van der Waals surface area contributed by atoms with Gasteiger partial charge in [-0.05, 0) is 67.2 Å². The van der Waals surface area contributed by atoms with Crippen LogP contribution in [0.15, 0.2) is 42.5 Å². The van der Waals surface area contributed by atoms with Gasteiger partial charge in [0.15, 0.2) is 5.11 Å². The van der Waals surface area contributed by atoms with Crippen molar-refractivity contribution in [2.45, 2.75) is 6.92 Å². The van der Waals surface area contributed by atoms with Gasteiger partial charge in [-0.15, -0.1) is 0 Å². The van der Waals surface area contributed by atoms with Gasteiger partial charge in [0, 0.05) is 42.6 Å². The molecule has 2 aromatic rings. The molecule has 0 saturated carbocycles. The Morgan fingerprint density at radius 3 is 2.40 bits per heavy atom. The van der Waals surface area contributed by atoms with Crippen molar-refractivity contribution in [3.63, 3.8) is 0 Å². The van der Waals surface area contributed by atoms with Crippen LogP contribution in [0.2, 0.25) is 5.02 Å². The third kappa shape index (κ3) is 4.22. The molecule has 0 aliphatic carbocycles.